The van der Waals surface area contributed by atoms with Crippen LogP contribution in [-0.2, 0) is 9.59 Å². The lowest BCUT2D eigenvalue weighted by atomic mass is 9.89. The average Bonchev–Trinajstić information content (AvgIpc) is 2.58. The number of para-hydroxylation sites is 1. The standard InChI is InChI=1S/C18H14ClN3O2/c19-12-5-3-4-11(8-12)16(10-20)22-18(24)14-9-17(23)21-15-7-2-1-6-13(14)15/h1-8,14,16H,9H2,(H,21,23)(H,22,24)/t14-,16-/m1/s1. The highest BCUT2D eigenvalue weighted by Gasteiger charge is 2.31. The molecule has 0 radical (unpaired) electrons. The first kappa shape index (κ1) is 16.0. The van der Waals surface area contributed by atoms with Crippen molar-refractivity contribution in [2.24, 2.45) is 0 Å². The summed E-state index contributed by atoms with van der Waals surface area (Å²) < 4.78 is 0. The Morgan fingerprint density at radius 1 is 1.29 bits per heavy atom. The van der Waals surface area contributed by atoms with E-state index in [2.05, 4.69) is 16.7 Å². The first-order valence-corrected chi connectivity index (χ1v) is 7.80. The van der Waals surface area contributed by atoms with Gasteiger partial charge in [0.25, 0.3) is 0 Å². The van der Waals surface area contributed by atoms with E-state index in [1.54, 1.807) is 42.5 Å². The highest BCUT2D eigenvalue weighted by atomic mass is 35.5. The molecule has 0 aliphatic carbocycles. The predicted octanol–water partition coefficient (Wildman–Crippen LogP) is 3.15. The minimum absolute atomic E-state index is 0.0521. The predicted molar refractivity (Wildman–Crippen MR) is 90.4 cm³/mol. The average molecular weight is 340 g/mol. The molecular weight excluding hydrogens is 326 g/mol. The van der Waals surface area contributed by atoms with E-state index in [0.29, 0.717) is 16.3 Å². The molecular formula is C18H14ClN3O2. The third-order valence-corrected chi connectivity index (χ3v) is 4.15. The van der Waals surface area contributed by atoms with Gasteiger partial charge in [-0.15, -0.1) is 0 Å². The van der Waals surface area contributed by atoms with Gasteiger partial charge in [0.05, 0.1) is 12.0 Å². The van der Waals surface area contributed by atoms with Crippen molar-refractivity contribution in [1.29, 1.82) is 5.26 Å². The van der Waals surface area contributed by atoms with Crippen molar-refractivity contribution in [2.45, 2.75) is 18.4 Å². The third kappa shape index (κ3) is 3.24. The van der Waals surface area contributed by atoms with Gasteiger partial charge in [-0.25, -0.2) is 0 Å². The number of nitriles is 1. The molecule has 0 bridgehead atoms. The Kier molecular flexibility index (Phi) is 4.50. The molecule has 0 fully saturated rings. The molecule has 0 saturated carbocycles. The number of hydrogen-bond donors (Lipinski definition) is 2. The first-order chi connectivity index (χ1) is 11.6. The molecule has 5 nitrogen and oxygen atoms in total. The quantitative estimate of drug-likeness (QED) is 0.901. The van der Waals surface area contributed by atoms with E-state index >= 15 is 0 Å². The number of carbonyl (C=O) groups excluding carboxylic acids is 2. The Bertz CT molecular complexity index is 844. The molecule has 0 unspecified atom stereocenters. The van der Waals surface area contributed by atoms with E-state index in [4.69, 9.17) is 11.6 Å². The van der Waals surface area contributed by atoms with Gasteiger partial charge in [-0.3, -0.25) is 9.59 Å². The van der Waals surface area contributed by atoms with Crippen molar-refractivity contribution in [3.63, 3.8) is 0 Å². The second-order valence-corrected chi connectivity index (χ2v) is 5.95. The number of nitrogens with one attached hydrogen (secondary N) is 2. The molecule has 1 aliphatic rings. The largest absolute Gasteiger partial charge is 0.336 e. The van der Waals surface area contributed by atoms with Crippen molar-refractivity contribution in [3.05, 3.63) is 64.7 Å². The monoisotopic (exact) mass is 339 g/mol. The number of fused-ring (bicyclic) bond motifs is 1. The van der Waals surface area contributed by atoms with Crippen molar-refractivity contribution >= 4 is 29.1 Å². The molecule has 0 aromatic heterocycles. The van der Waals surface area contributed by atoms with Crippen LogP contribution in [0.15, 0.2) is 48.5 Å². The maximum absolute atomic E-state index is 12.7. The lowest BCUT2D eigenvalue weighted by molar-refractivity contribution is -0.126. The van der Waals surface area contributed by atoms with E-state index in [-0.39, 0.29) is 18.2 Å². The fourth-order valence-electron chi connectivity index (χ4n) is 2.76. The summed E-state index contributed by atoms with van der Waals surface area (Å²) in [4.78, 5) is 24.5. The Hall–Kier alpha value is -2.84. The van der Waals surface area contributed by atoms with Gasteiger partial charge >= 0.3 is 0 Å². The maximum atomic E-state index is 12.7. The zero-order valence-electron chi connectivity index (χ0n) is 12.6. The van der Waals surface area contributed by atoms with Crippen LogP contribution < -0.4 is 10.6 Å². The fraction of sp³-hybridized carbons (Fsp3) is 0.167. The molecule has 24 heavy (non-hydrogen) atoms. The summed E-state index contributed by atoms with van der Waals surface area (Å²) in [6.07, 6.45) is 0.0521. The number of benzene rings is 2. The van der Waals surface area contributed by atoms with Gasteiger partial charge in [0, 0.05) is 17.1 Å². The smallest absolute Gasteiger partial charge is 0.229 e. The molecule has 2 N–H and O–H groups in total. The molecule has 2 aromatic rings. The minimum atomic E-state index is -0.826. The highest BCUT2D eigenvalue weighted by molar-refractivity contribution is 6.30. The first-order valence-electron chi connectivity index (χ1n) is 7.42. The topological polar surface area (TPSA) is 82.0 Å². The summed E-state index contributed by atoms with van der Waals surface area (Å²) >= 11 is 5.94. The van der Waals surface area contributed by atoms with Crippen molar-refractivity contribution in [2.75, 3.05) is 5.32 Å². The van der Waals surface area contributed by atoms with Crippen LogP contribution in [0.3, 0.4) is 0 Å². The zero-order chi connectivity index (χ0) is 17.1. The van der Waals surface area contributed by atoms with Crippen molar-refractivity contribution in [1.82, 2.24) is 5.32 Å². The van der Waals surface area contributed by atoms with Gasteiger partial charge in [0.15, 0.2) is 0 Å². The number of amides is 2. The molecule has 0 saturated heterocycles. The lowest BCUT2D eigenvalue weighted by Gasteiger charge is -2.25. The Balaban J connectivity index is 1.84. The molecule has 120 valence electrons. The summed E-state index contributed by atoms with van der Waals surface area (Å²) in [6, 6.07) is 15.2. The maximum Gasteiger partial charge on any atom is 0.229 e. The zero-order valence-corrected chi connectivity index (χ0v) is 13.4. The van der Waals surface area contributed by atoms with Gasteiger partial charge in [-0.1, -0.05) is 41.9 Å². The molecule has 0 spiro atoms. The fourth-order valence-corrected chi connectivity index (χ4v) is 2.96. The number of rotatable bonds is 3. The summed E-state index contributed by atoms with van der Waals surface area (Å²) in [5.74, 6) is -1.20. The highest BCUT2D eigenvalue weighted by Crippen LogP contribution is 2.32. The van der Waals surface area contributed by atoms with Crippen LogP contribution in [0.25, 0.3) is 0 Å². The lowest BCUT2D eigenvalue weighted by Crippen LogP contribution is -2.36. The van der Waals surface area contributed by atoms with Crippen LogP contribution in [0.2, 0.25) is 5.02 Å². The van der Waals surface area contributed by atoms with Gasteiger partial charge in [-0.2, -0.15) is 5.26 Å². The molecule has 1 aliphatic heterocycles. The van der Waals surface area contributed by atoms with Gasteiger partial charge in [0.2, 0.25) is 11.8 Å². The summed E-state index contributed by atoms with van der Waals surface area (Å²) in [5, 5.41) is 15.3. The van der Waals surface area contributed by atoms with Gasteiger partial charge < -0.3 is 10.6 Å². The van der Waals surface area contributed by atoms with Crippen LogP contribution in [0.5, 0.6) is 0 Å². The van der Waals surface area contributed by atoms with Crippen LogP contribution in [-0.4, -0.2) is 11.8 Å². The number of hydrogen-bond acceptors (Lipinski definition) is 3. The van der Waals surface area contributed by atoms with E-state index in [0.717, 1.165) is 5.56 Å². The molecule has 2 amide bonds. The van der Waals surface area contributed by atoms with Crippen LogP contribution in [0.1, 0.15) is 29.5 Å². The number of nitrogens with zero attached hydrogens (tertiary/aromatic N) is 1. The molecule has 2 aromatic carbocycles. The summed E-state index contributed by atoms with van der Waals surface area (Å²) in [7, 11) is 0. The van der Waals surface area contributed by atoms with E-state index in [9.17, 15) is 14.9 Å². The third-order valence-electron chi connectivity index (χ3n) is 3.91. The normalized spacial score (nSPS) is 17.2. The molecule has 3 rings (SSSR count). The van der Waals surface area contributed by atoms with Crippen LogP contribution in [0, 0.1) is 11.3 Å². The minimum Gasteiger partial charge on any atom is -0.336 e. The number of anilines is 1. The Morgan fingerprint density at radius 3 is 2.83 bits per heavy atom. The number of carbonyl (C=O) groups is 2. The van der Waals surface area contributed by atoms with Crippen LogP contribution >= 0.6 is 11.6 Å². The van der Waals surface area contributed by atoms with E-state index in [1.807, 2.05) is 6.07 Å². The van der Waals surface area contributed by atoms with Crippen molar-refractivity contribution < 1.29 is 9.59 Å². The second kappa shape index (κ2) is 6.73. The summed E-state index contributed by atoms with van der Waals surface area (Å²) in [5.41, 5.74) is 1.98. The van der Waals surface area contributed by atoms with Crippen LogP contribution in [0.4, 0.5) is 5.69 Å². The van der Waals surface area contributed by atoms with E-state index in [1.165, 1.54) is 0 Å². The SMILES string of the molecule is N#C[C@@H](NC(=O)[C@@H]1CC(=O)Nc2ccccc21)c1cccc(Cl)c1. The van der Waals surface area contributed by atoms with Gasteiger partial charge in [0.1, 0.15) is 6.04 Å². The summed E-state index contributed by atoms with van der Waals surface area (Å²) in [6.45, 7) is 0. The van der Waals surface area contributed by atoms with Gasteiger partial charge in [-0.05, 0) is 29.3 Å². The number of halogens is 1. The Morgan fingerprint density at radius 2 is 2.08 bits per heavy atom. The van der Waals surface area contributed by atoms with E-state index < -0.39 is 12.0 Å². The van der Waals surface area contributed by atoms with Crippen molar-refractivity contribution in [3.8, 4) is 6.07 Å². The second-order valence-electron chi connectivity index (χ2n) is 5.52. The molecule has 2 atom stereocenters. The Labute approximate surface area is 144 Å². The molecule has 6 heteroatoms. The molecule has 1 heterocycles.